The fourth-order valence-corrected chi connectivity index (χ4v) is 3.05. The third kappa shape index (κ3) is 4.10. The van der Waals surface area contributed by atoms with Crippen LogP contribution in [0.4, 0.5) is 8.78 Å². The normalized spacial score (nSPS) is 12.0. The highest BCUT2D eigenvalue weighted by molar-refractivity contribution is 7.14. The van der Waals surface area contributed by atoms with Gasteiger partial charge in [-0.15, -0.1) is 11.3 Å². The molecule has 0 fully saturated rings. The molecule has 0 spiro atoms. The summed E-state index contributed by atoms with van der Waals surface area (Å²) in [5, 5.41) is 18.7. The molecular weight excluding hydrogens is 358 g/mol. The fourth-order valence-electron chi connectivity index (χ4n) is 2.16. The van der Waals surface area contributed by atoms with Crippen molar-refractivity contribution in [3.63, 3.8) is 0 Å². The van der Waals surface area contributed by atoms with Crippen LogP contribution in [0.3, 0.4) is 0 Å². The molecule has 0 aliphatic rings. The largest absolute Gasteiger partial charge is 0.477 e. The van der Waals surface area contributed by atoms with E-state index in [1.165, 1.54) is 12.1 Å². The van der Waals surface area contributed by atoms with Gasteiger partial charge >= 0.3 is 5.97 Å². The van der Waals surface area contributed by atoms with Gasteiger partial charge in [0.15, 0.2) is 0 Å². The lowest BCUT2D eigenvalue weighted by Gasteiger charge is -2.07. The molecule has 0 aliphatic heterocycles. The molecule has 0 bridgehead atoms. The van der Waals surface area contributed by atoms with E-state index in [1.807, 2.05) is 6.07 Å². The van der Waals surface area contributed by atoms with Gasteiger partial charge in [-0.25, -0.2) is 18.6 Å². The first-order valence-electron chi connectivity index (χ1n) is 7.39. The summed E-state index contributed by atoms with van der Waals surface area (Å²) >= 11 is 1.02. The Kier molecular flexibility index (Phi) is 5.80. The van der Waals surface area contributed by atoms with Crippen LogP contribution in [0.5, 0.6) is 0 Å². The van der Waals surface area contributed by atoms with Crippen LogP contribution in [0.1, 0.15) is 32.9 Å². The maximum atomic E-state index is 14.1. The zero-order valence-corrected chi connectivity index (χ0v) is 14.8. The summed E-state index contributed by atoms with van der Waals surface area (Å²) in [6.45, 7) is 6.91. The molecule has 1 N–H and O–H groups in total. The van der Waals surface area contributed by atoms with Crippen molar-refractivity contribution in [3.8, 4) is 6.07 Å². The lowest BCUT2D eigenvalue weighted by atomic mass is 9.98. The van der Waals surface area contributed by atoms with Gasteiger partial charge in [0, 0.05) is 17.2 Å². The molecule has 0 atom stereocenters. The van der Waals surface area contributed by atoms with Crippen LogP contribution in [-0.2, 0) is 0 Å². The van der Waals surface area contributed by atoms with E-state index in [0.717, 1.165) is 23.5 Å². The minimum atomic E-state index is -1.05. The van der Waals surface area contributed by atoms with Crippen LogP contribution in [-0.4, -0.2) is 16.1 Å². The molecule has 2 rings (SSSR count). The summed E-state index contributed by atoms with van der Waals surface area (Å²) in [5.74, 6) is -2.59. The van der Waals surface area contributed by atoms with Crippen molar-refractivity contribution in [2.24, 2.45) is 0 Å². The third-order valence-corrected chi connectivity index (χ3v) is 4.79. The van der Waals surface area contributed by atoms with E-state index in [2.05, 4.69) is 11.6 Å². The Bertz CT molecular complexity index is 997. The lowest BCUT2D eigenvalue weighted by molar-refractivity contribution is 0.0701. The number of allylic oxidation sites excluding steroid dienone is 5. The maximum absolute atomic E-state index is 14.1. The second kappa shape index (κ2) is 7.85. The van der Waals surface area contributed by atoms with E-state index in [1.54, 1.807) is 19.9 Å². The molecule has 0 saturated carbocycles. The molecule has 0 unspecified atom stereocenters. The van der Waals surface area contributed by atoms with E-state index >= 15 is 0 Å². The zero-order valence-electron chi connectivity index (χ0n) is 14.0. The second-order valence-corrected chi connectivity index (χ2v) is 6.38. The molecule has 1 heterocycles. The number of rotatable bonds is 5. The van der Waals surface area contributed by atoms with Crippen molar-refractivity contribution in [2.75, 3.05) is 0 Å². The molecule has 0 radical (unpaired) electrons. The molecule has 4 nitrogen and oxygen atoms in total. The number of hydrogen-bond acceptors (Lipinski definition) is 4. The van der Waals surface area contributed by atoms with Crippen molar-refractivity contribution < 1.29 is 18.7 Å². The van der Waals surface area contributed by atoms with E-state index in [0.29, 0.717) is 16.3 Å². The zero-order chi connectivity index (χ0) is 19.4. The quantitative estimate of drug-likeness (QED) is 0.592. The molecule has 26 heavy (non-hydrogen) atoms. The highest BCUT2D eigenvalue weighted by Crippen LogP contribution is 2.28. The highest BCUT2D eigenvalue weighted by Gasteiger charge is 2.15. The number of aromatic carboxylic acids is 1. The van der Waals surface area contributed by atoms with E-state index in [-0.39, 0.29) is 21.6 Å². The van der Waals surface area contributed by atoms with Crippen molar-refractivity contribution in [1.82, 2.24) is 4.98 Å². The number of hydrogen-bond donors (Lipinski definition) is 1. The molecule has 0 saturated heterocycles. The predicted octanol–water partition coefficient (Wildman–Crippen LogP) is 4.99. The minimum Gasteiger partial charge on any atom is -0.477 e. The Morgan fingerprint density at radius 1 is 1.38 bits per heavy atom. The summed E-state index contributed by atoms with van der Waals surface area (Å²) in [7, 11) is 0. The van der Waals surface area contributed by atoms with Gasteiger partial charge in [-0.3, -0.25) is 0 Å². The summed E-state index contributed by atoms with van der Waals surface area (Å²) in [6.07, 6.45) is 3.07. The van der Waals surface area contributed by atoms with E-state index < -0.39 is 17.6 Å². The molecule has 1 aromatic heterocycles. The standard InChI is InChI=1S/C19H14F2N2O2S/c1-10(18-23-12(3)17(26-18)19(24)25)4-6-14(11(2)9-22)15-7-5-13(20)8-16(15)21/h4-8H,2H2,1,3H3,(H,24,25)/b10-4+,14-6+. The van der Waals surface area contributed by atoms with Gasteiger partial charge in [-0.2, -0.15) is 5.26 Å². The lowest BCUT2D eigenvalue weighted by Crippen LogP contribution is -1.94. The van der Waals surface area contributed by atoms with Gasteiger partial charge in [0.25, 0.3) is 0 Å². The Labute approximate surface area is 153 Å². The number of carboxylic acids is 1. The average Bonchev–Trinajstić information content (AvgIpc) is 2.98. The van der Waals surface area contributed by atoms with Crippen molar-refractivity contribution in [3.05, 3.63) is 75.3 Å². The van der Waals surface area contributed by atoms with Crippen molar-refractivity contribution in [1.29, 1.82) is 5.26 Å². The minimum absolute atomic E-state index is 0.0149. The van der Waals surface area contributed by atoms with Gasteiger partial charge in [0.05, 0.1) is 17.3 Å². The molecule has 132 valence electrons. The highest BCUT2D eigenvalue weighted by atomic mass is 32.1. The number of halogens is 2. The molecule has 0 aliphatic carbocycles. The van der Waals surface area contributed by atoms with E-state index in [4.69, 9.17) is 10.4 Å². The van der Waals surface area contributed by atoms with Crippen LogP contribution in [0, 0.1) is 29.9 Å². The Hall–Kier alpha value is -3.11. The van der Waals surface area contributed by atoms with Gasteiger partial charge in [-0.1, -0.05) is 18.7 Å². The van der Waals surface area contributed by atoms with Gasteiger partial charge in [-0.05, 0) is 31.6 Å². The summed E-state index contributed by atoms with van der Waals surface area (Å²) in [5.41, 5.74) is 1.30. The number of carbonyl (C=O) groups is 1. The molecule has 0 amide bonds. The number of nitrogens with zero attached hydrogens (tertiary/aromatic N) is 2. The Morgan fingerprint density at radius 3 is 2.62 bits per heavy atom. The van der Waals surface area contributed by atoms with Crippen molar-refractivity contribution in [2.45, 2.75) is 13.8 Å². The molecule has 2 aromatic rings. The van der Waals surface area contributed by atoms with Crippen LogP contribution in [0.25, 0.3) is 11.1 Å². The van der Waals surface area contributed by atoms with Crippen LogP contribution in [0.15, 0.2) is 42.5 Å². The molecule has 1 aromatic carbocycles. The smallest absolute Gasteiger partial charge is 0.347 e. The van der Waals surface area contributed by atoms with Gasteiger partial charge in [0.1, 0.15) is 21.5 Å². The van der Waals surface area contributed by atoms with Crippen LogP contribution >= 0.6 is 11.3 Å². The summed E-state index contributed by atoms with van der Waals surface area (Å²) in [4.78, 5) is 15.5. The molecule has 7 heteroatoms. The van der Waals surface area contributed by atoms with E-state index in [9.17, 15) is 13.6 Å². The first-order chi connectivity index (χ1) is 12.2. The van der Waals surface area contributed by atoms with Crippen LogP contribution < -0.4 is 0 Å². The third-order valence-electron chi connectivity index (χ3n) is 3.51. The average molecular weight is 372 g/mol. The van der Waals surface area contributed by atoms with Crippen LogP contribution in [0.2, 0.25) is 0 Å². The number of thiazole rings is 1. The first kappa shape index (κ1) is 19.2. The monoisotopic (exact) mass is 372 g/mol. The van der Waals surface area contributed by atoms with Gasteiger partial charge in [0.2, 0.25) is 0 Å². The topological polar surface area (TPSA) is 74.0 Å². The number of aryl methyl sites for hydroxylation is 1. The fraction of sp³-hybridized carbons (Fsp3) is 0.105. The first-order valence-corrected chi connectivity index (χ1v) is 8.20. The predicted molar refractivity (Wildman–Crippen MR) is 96.5 cm³/mol. The summed E-state index contributed by atoms with van der Waals surface area (Å²) in [6, 6.07) is 4.91. The summed E-state index contributed by atoms with van der Waals surface area (Å²) < 4.78 is 27.2. The van der Waals surface area contributed by atoms with Crippen molar-refractivity contribution >= 4 is 28.5 Å². The maximum Gasteiger partial charge on any atom is 0.347 e. The Morgan fingerprint density at radius 2 is 2.08 bits per heavy atom. The number of benzene rings is 1. The number of carboxylic acid groups (broad SMARTS) is 1. The number of nitriles is 1. The Balaban J connectivity index is 2.49. The SMILES string of the molecule is C=C(C#N)/C(=C\C=C(/C)c1nc(C)c(C(=O)O)s1)c1ccc(F)cc1F. The second-order valence-electron chi connectivity index (χ2n) is 5.38. The molecular formula is C19H14F2N2O2S. The van der Waals surface area contributed by atoms with Gasteiger partial charge < -0.3 is 5.11 Å². The number of aromatic nitrogens is 1.